The van der Waals surface area contributed by atoms with Crippen LogP contribution in [0, 0.1) is 0 Å². The summed E-state index contributed by atoms with van der Waals surface area (Å²) < 4.78 is 4.64. The highest BCUT2D eigenvalue weighted by Gasteiger charge is 2.04. The van der Waals surface area contributed by atoms with Crippen molar-refractivity contribution in [3.8, 4) is 0 Å². The third-order valence-corrected chi connectivity index (χ3v) is 2.58. The molecule has 0 radical (unpaired) electrons. The van der Waals surface area contributed by atoms with Crippen molar-refractivity contribution in [3.63, 3.8) is 0 Å². The molecule has 96 valence electrons. The molecule has 5 heteroatoms. The molecule has 1 heterocycles. The van der Waals surface area contributed by atoms with Gasteiger partial charge in [-0.25, -0.2) is 9.78 Å². The molecule has 0 spiro atoms. The highest BCUT2D eigenvalue weighted by Crippen LogP contribution is 2.08. The molecular weight excluding hydrogens is 252 g/mol. The molecule has 0 saturated carbocycles. The van der Waals surface area contributed by atoms with Crippen molar-refractivity contribution in [2.75, 3.05) is 7.11 Å². The summed E-state index contributed by atoms with van der Waals surface area (Å²) in [4.78, 5) is 18.5. The Morgan fingerprint density at radius 2 is 2.00 bits per heavy atom. The molecule has 2 aromatic rings. The maximum Gasteiger partial charge on any atom is 0.337 e. The first-order chi connectivity index (χ1) is 8.29. The summed E-state index contributed by atoms with van der Waals surface area (Å²) in [6.07, 6.45) is 5.32. The number of aromatic nitrogens is 2. The Bertz CT molecular complexity index is 480. The van der Waals surface area contributed by atoms with Gasteiger partial charge in [-0.3, -0.25) is 0 Å². The Morgan fingerprint density at radius 1 is 1.28 bits per heavy atom. The van der Waals surface area contributed by atoms with Gasteiger partial charge in [0, 0.05) is 18.8 Å². The van der Waals surface area contributed by atoms with Crippen molar-refractivity contribution < 1.29 is 9.53 Å². The highest BCUT2D eigenvalue weighted by atomic mass is 35.5. The van der Waals surface area contributed by atoms with Gasteiger partial charge in [-0.15, -0.1) is 12.4 Å². The zero-order valence-corrected chi connectivity index (χ0v) is 10.9. The second kappa shape index (κ2) is 6.81. The van der Waals surface area contributed by atoms with Crippen LogP contribution in [0.1, 0.15) is 21.7 Å². The minimum atomic E-state index is -0.303. The Hall–Kier alpha value is -1.81. The number of halogens is 1. The van der Waals surface area contributed by atoms with E-state index in [1.165, 1.54) is 12.7 Å². The minimum Gasteiger partial charge on any atom is -0.465 e. The SMILES string of the molecule is COC(=O)c1ccc(CCc2ncc[nH]2)cc1.Cl. The average molecular weight is 267 g/mol. The van der Waals surface area contributed by atoms with E-state index in [0.29, 0.717) is 5.56 Å². The number of carbonyl (C=O) groups is 1. The third-order valence-electron chi connectivity index (χ3n) is 2.58. The van der Waals surface area contributed by atoms with E-state index in [1.807, 2.05) is 18.3 Å². The predicted molar refractivity (Wildman–Crippen MR) is 71.0 cm³/mol. The van der Waals surface area contributed by atoms with Crippen molar-refractivity contribution in [2.24, 2.45) is 0 Å². The van der Waals surface area contributed by atoms with Crippen LogP contribution in [-0.2, 0) is 17.6 Å². The zero-order valence-electron chi connectivity index (χ0n) is 10.1. The monoisotopic (exact) mass is 266 g/mol. The van der Waals surface area contributed by atoms with Crippen LogP contribution in [0.2, 0.25) is 0 Å². The summed E-state index contributed by atoms with van der Waals surface area (Å²) in [5.41, 5.74) is 1.75. The van der Waals surface area contributed by atoms with Crippen molar-refractivity contribution in [1.29, 1.82) is 0 Å². The fourth-order valence-electron chi connectivity index (χ4n) is 1.62. The van der Waals surface area contributed by atoms with E-state index >= 15 is 0 Å². The number of esters is 1. The fraction of sp³-hybridized carbons (Fsp3) is 0.231. The first-order valence-corrected chi connectivity index (χ1v) is 5.45. The fourth-order valence-corrected chi connectivity index (χ4v) is 1.62. The van der Waals surface area contributed by atoms with E-state index in [-0.39, 0.29) is 18.4 Å². The zero-order chi connectivity index (χ0) is 12.1. The number of H-pyrrole nitrogens is 1. The Morgan fingerprint density at radius 3 is 2.56 bits per heavy atom. The number of aryl methyl sites for hydroxylation is 2. The number of hydrogen-bond acceptors (Lipinski definition) is 3. The number of ether oxygens (including phenoxy) is 1. The Balaban J connectivity index is 0.00000162. The molecule has 4 nitrogen and oxygen atoms in total. The van der Waals surface area contributed by atoms with Crippen LogP contribution in [0.5, 0.6) is 0 Å². The number of benzene rings is 1. The van der Waals surface area contributed by atoms with Crippen LogP contribution in [0.15, 0.2) is 36.7 Å². The molecule has 2 rings (SSSR count). The molecule has 0 saturated heterocycles. The molecule has 0 aliphatic rings. The van der Waals surface area contributed by atoms with Crippen LogP contribution in [-0.4, -0.2) is 23.0 Å². The summed E-state index contributed by atoms with van der Waals surface area (Å²) in [6.45, 7) is 0. The van der Waals surface area contributed by atoms with Crippen molar-refractivity contribution >= 4 is 18.4 Å². The number of aromatic amines is 1. The van der Waals surface area contributed by atoms with E-state index in [9.17, 15) is 4.79 Å². The largest absolute Gasteiger partial charge is 0.465 e. The Kier molecular flexibility index (Phi) is 5.39. The van der Waals surface area contributed by atoms with Gasteiger partial charge in [-0.2, -0.15) is 0 Å². The smallest absolute Gasteiger partial charge is 0.337 e. The first-order valence-electron chi connectivity index (χ1n) is 5.45. The number of hydrogen-bond donors (Lipinski definition) is 1. The van der Waals surface area contributed by atoms with Gasteiger partial charge in [0.25, 0.3) is 0 Å². The lowest BCUT2D eigenvalue weighted by Gasteiger charge is -2.02. The lowest BCUT2D eigenvalue weighted by Crippen LogP contribution is -2.01. The Labute approximate surface area is 112 Å². The van der Waals surface area contributed by atoms with Crippen LogP contribution < -0.4 is 0 Å². The number of carbonyl (C=O) groups excluding carboxylic acids is 1. The molecular formula is C13H15ClN2O2. The van der Waals surface area contributed by atoms with Crippen molar-refractivity contribution in [3.05, 3.63) is 53.6 Å². The topological polar surface area (TPSA) is 55.0 Å². The minimum absolute atomic E-state index is 0. The highest BCUT2D eigenvalue weighted by molar-refractivity contribution is 5.89. The predicted octanol–water partition coefficient (Wildman–Crippen LogP) is 2.40. The molecule has 0 unspecified atom stereocenters. The summed E-state index contributed by atoms with van der Waals surface area (Å²) in [7, 11) is 1.38. The summed E-state index contributed by atoms with van der Waals surface area (Å²) in [5.74, 6) is 0.671. The number of nitrogens with one attached hydrogen (secondary N) is 1. The van der Waals surface area contributed by atoms with Gasteiger partial charge in [-0.05, 0) is 24.1 Å². The lowest BCUT2D eigenvalue weighted by atomic mass is 10.1. The van der Waals surface area contributed by atoms with Gasteiger partial charge in [0.05, 0.1) is 12.7 Å². The molecule has 0 bridgehead atoms. The van der Waals surface area contributed by atoms with Gasteiger partial charge in [-0.1, -0.05) is 12.1 Å². The van der Waals surface area contributed by atoms with Crippen LogP contribution in [0.3, 0.4) is 0 Å². The molecule has 1 N–H and O–H groups in total. The number of methoxy groups -OCH3 is 1. The number of rotatable bonds is 4. The lowest BCUT2D eigenvalue weighted by molar-refractivity contribution is 0.0600. The molecule has 1 aromatic heterocycles. The average Bonchev–Trinajstić information content (AvgIpc) is 2.89. The summed E-state index contributed by atoms with van der Waals surface area (Å²) >= 11 is 0. The van der Waals surface area contributed by atoms with E-state index in [2.05, 4.69) is 14.7 Å². The van der Waals surface area contributed by atoms with Gasteiger partial charge >= 0.3 is 5.97 Å². The van der Waals surface area contributed by atoms with E-state index in [1.54, 1.807) is 18.3 Å². The number of nitrogens with zero attached hydrogens (tertiary/aromatic N) is 1. The number of imidazole rings is 1. The summed E-state index contributed by atoms with van der Waals surface area (Å²) in [6, 6.07) is 7.44. The van der Waals surface area contributed by atoms with Crippen molar-refractivity contribution in [2.45, 2.75) is 12.8 Å². The van der Waals surface area contributed by atoms with E-state index in [0.717, 1.165) is 18.7 Å². The van der Waals surface area contributed by atoms with Crippen LogP contribution in [0.4, 0.5) is 0 Å². The van der Waals surface area contributed by atoms with Gasteiger partial charge < -0.3 is 9.72 Å². The maximum absolute atomic E-state index is 11.2. The van der Waals surface area contributed by atoms with Gasteiger partial charge in [0.2, 0.25) is 0 Å². The third kappa shape index (κ3) is 3.60. The molecule has 0 atom stereocenters. The molecule has 0 amide bonds. The molecule has 0 aliphatic carbocycles. The van der Waals surface area contributed by atoms with Crippen LogP contribution >= 0.6 is 12.4 Å². The second-order valence-corrected chi connectivity index (χ2v) is 3.72. The maximum atomic E-state index is 11.2. The quantitative estimate of drug-likeness (QED) is 0.865. The van der Waals surface area contributed by atoms with E-state index < -0.39 is 0 Å². The normalized spacial score (nSPS) is 9.61. The van der Waals surface area contributed by atoms with E-state index in [4.69, 9.17) is 0 Å². The molecule has 0 fully saturated rings. The summed E-state index contributed by atoms with van der Waals surface area (Å²) in [5, 5.41) is 0. The molecule has 1 aromatic carbocycles. The van der Waals surface area contributed by atoms with Gasteiger partial charge in [0.15, 0.2) is 0 Å². The second-order valence-electron chi connectivity index (χ2n) is 3.72. The standard InChI is InChI=1S/C13H14N2O2.ClH/c1-17-13(16)11-5-2-10(3-6-11)4-7-12-14-8-9-15-12;/h2-3,5-6,8-9H,4,7H2,1H3,(H,14,15);1H. The first kappa shape index (κ1) is 14.3. The molecule has 0 aliphatic heterocycles. The van der Waals surface area contributed by atoms with Gasteiger partial charge in [0.1, 0.15) is 5.82 Å². The van der Waals surface area contributed by atoms with Crippen LogP contribution in [0.25, 0.3) is 0 Å². The van der Waals surface area contributed by atoms with Crippen molar-refractivity contribution in [1.82, 2.24) is 9.97 Å². The molecule has 18 heavy (non-hydrogen) atoms.